The first-order valence-electron chi connectivity index (χ1n) is 6.74. The minimum Gasteiger partial charge on any atom is -0.385 e. The molecule has 0 radical (unpaired) electrons. The smallest absolute Gasteiger partial charge is 0.0467 e. The molecule has 0 aliphatic carbocycles. The first-order chi connectivity index (χ1) is 8.46. The topological polar surface area (TPSA) is 21.3 Å². The maximum atomic E-state index is 5.16. The summed E-state index contributed by atoms with van der Waals surface area (Å²) in [5, 5.41) is 3.63. The number of ether oxygens (including phenoxy) is 1. The standard InChI is InChI=1S/C16H27NO/c1-13-8-6-7-9-15(13)14(2)17-12-16(3,4)10-11-18-5/h6-9,14,17H,10-12H2,1-5H3. The van der Waals surface area contributed by atoms with Gasteiger partial charge in [0.05, 0.1) is 0 Å². The maximum Gasteiger partial charge on any atom is 0.0467 e. The third-order valence-electron chi connectivity index (χ3n) is 3.52. The van der Waals surface area contributed by atoms with Crippen molar-refractivity contribution in [2.24, 2.45) is 5.41 Å². The van der Waals surface area contributed by atoms with Gasteiger partial charge >= 0.3 is 0 Å². The number of hydrogen-bond acceptors (Lipinski definition) is 2. The van der Waals surface area contributed by atoms with E-state index in [1.165, 1.54) is 11.1 Å². The summed E-state index contributed by atoms with van der Waals surface area (Å²) in [6, 6.07) is 8.97. The van der Waals surface area contributed by atoms with E-state index in [1.807, 2.05) is 0 Å². The van der Waals surface area contributed by atoms with Crippen LogP contribution in [0, 0.1) is 12.3 Å². The Labute approximate surface area is 112 Å². The molecule has 0 spiro atoms. The number of rotatable bonds is 7. The van der Waals surface area contributed by atoms with Crippen molar-refractivity contribution in [1.29, 1.82) is 0 Å². The molecule has 0 heterocycles. The van der Waals surface area contributed by atoms with Crippen molar-refractivity contribution < 1.29 is 4.74 Å². The molecule has 0 saturated carbocycles. The summed E-state index contributed by atoms with van der Waals surface area (Å²) in [5.74, 6) is 0. The summed E-state index contributed by atoms with van der Waals surface area (Å²) < 4.78 is 5.16. The van der Waals surface area contributed by atoms with Crippen LogP contribution < -0.4 is 5.32 Å². The molecule has 0 bridgehead atoms. The Balaban J connectivity index is 2.51. The van der Waals surface area contributed by atoms with Gasteiger partial charge in [0.15, 0.2) is 0 Å². The fourth-order valence-electron chi connectivity index (χ4n) is 2.08. The Morgan fingerprint density at radius 3 is 2.56 bits per heavy atom. The molecule has 1 aromatic rings. The van der Waals surface area contributed by atoms with E-state index in [2.05, 4.69) is 57.3 Å². The van der Waals surface area contributed by atoms with Gasteiger partial charge < -0.3 is 10.1 Å². The lowest BCUT2D eigenvalue weighted by atomic mass is 9.89. The van der Waals surface area contributed by atoms with Crippen LogP contribution in [0.3, 0.4) is 0 Å². The van der Waals surface area contributed by atoms with E-state index in [-0.39, 0.29) is 5.41 Å². The lowest BCUT2D eigenvalue weighted by Gasteiger charge is -2.27. The molecule has 2 heteroatoms. The van der Waals surface area contributed by atoms with E-state index in [1.54, 1.807) is 7.11 Å². The average molecular weight is 249 g/mol. The van der Waals surface area contributed by atoms with Crippen molar-refractivity contribution in [2.45, 2.75) is 40.2 Å². The van der Waals surface area contributed by atoms with Gasteiger partial charge in [-0.2, -0.15) is 0 Å². The van der Waals surface area contributed by atoms with Gasteiger partial charge in [0.25, 0.3) is 0 Å². The Kier molecular flexibility index (Phi) is 5.83. The van der Waals surface area contributed by atoms with Crippen molar-refractivity contribution in [3.8, 4) is 0 Å². The molecule has 0 aliphatic heterocycles. The van der Waals surface area contributed by atoms with E-state index in [0.717, 1.165) is 19.6 Å². The highest BCUT2D eigenvalue weighted by atomic mass is 16.5. The van der Waals surface area contributed by atoms with Crippen molar-refractivity contribution in [1.82, 2.24) is 5.32 Å². The monoisotopic (exact) mass is 249 g/mol. The highest BCUT2D eigenvalue weighted by molar-refractivity contribution is 5.28. The van der Waals surface area contributed by atoms with Gasteiger partial charge in [-0.05, 0) is 36.8 Å². The number of hydrogen-bond donors (Lipinski definition) is 1. The SMILES string of the molecule is COCCC(C)(C)CNC(C)c1ccccc1C. The highest BCUT2D eigenvalue weighted by Crippen LogP contribution is 2.22. The Morgan fingerprint density at radius 2 is 1.94 bits per heavy atom. The predicted octanol–water partition coefficient (Wildman–Crippen LogP) is 3.71. The molecule has 0 amide bonds. The minimum atomic E-state index is 0.271. The normalized spacial score (nSPS) is 13.6. The molecule has 2 nitrogen and oxygen atoms in total. The second-order valence-electron chi connectivity index (χ2n) is 5.87. The van der Waals surface area contributed by atoms with Gasteiger partial charge in [-0.3, -0.25) is 0 Å². The van der Waals surface area contributed by atoms with Crippen molar-refractivity contribution in [3.63, 3.8) is 0 Å². The molecular weight excluding hydrogens is 222 g/mol. The fraction of sp³-hybridized carbons (Fsp3) is 0.625. The molecule has 1 aromatic carbocycles. The molecule has 1 unspecified atom stereocenters. The zero-order chi connectivity index (χ0) is 13.6. The first kappa shape index (κ1) is 15.2. The van der Waals surface area contributed by atoms with Gasteiger partial charge in [0.1, 0.15) is 0 Å². The fourth-order valence-corrected chi connectivity index (χ4v) is 2.08. The van der Waals surface area contributed by atoms with E-state index in [0.29, 0.717) is 6.04 Å². The summed E-state index contributed by atoms with van der Waals surface area (Å²) in [4.78, 5) is 0. The molecular formula is C16H27NO. The summed E-state index contributed by atoms with van der Waals surface area (Å²) in [6.07, 6.45) is 1.08. The number of benzene rings is 1. The van der Waals surface area contributed by atoms with Crippen LogP contribution in [0.4, 0.5) is 0 Å². The van der Waals surface area contributed by atoms with Crippen LogP contribution in [0.2, 0.25) is 0 Å². The van der Waals surface area contributed by atoms with E-state index in [9.17, 15) is 0 Å². The molecule has 1 N–H and O–H groups in total. The molecule has 0 aromatic heterocycles. The van der Waals surface area contributed by atoms with Crippen molar-refractivity contribution >= 4 is 0 Å². The zero-order valence-corrected chi connectivity index (χ0v) is 12.4. The van der Waals surface area contributed by atoms with Crippen LogP contribution in [0.15, 0.2) is 24.3 Å². The van der Waals surface area contributed by atoms with Crippen LogP contribution in [0.1, 0.15) is 44.4 Å². The lowest BCUT2D eigenvalue weighted by molar-refractivity contribution is 0.149. The van der Waals surface area contributed by atoms with Crippen LogP contribution in [0.25, 0.3) is 0 Å². The minimum absolute atomic E-state index is 0.271. The number of aryl methyl sites for hydroxylation is 1. The first-order valence-corrected chi connectivity index (χ1v) is 6.74. The molecule has 0 fully saturated rings. The third-order valence-corrected chi connectivity index (χ3v) is 3.52. The van der Waals surface area contributed by atoms with Crippen molar-refractivity contribution in [3.05, 3.63) is 35.4 Å². The molecule has 0 aliphatic rings. The van der Waals surface area contributed by atoms with Gasteiger partial charge in [-0.15, -0.1) is 0 Å². The number of nitrogens with one attached hydrogen (secondary N) is 1. The van der Waals surface area contributed by atoms with Gasteiger partial charge in [0, 0.05) is 26.3 Å². The van der Waals surface area contributed by atoms with Crippen LogP contribution in [-0.4, -0.2) is 20.3 Å². The highest BCUT2D eigenvalue weighted by Gasteiger charge is 2.19. The average Bonchev–Trinajstić information content (AvgIpc) is 2.34. The summed E-state index contributed by atoms with van der Waals surface area (Å²) in [5.41, 5.74) is 3.01. The Morgan fingerprint density at radius 1 is 1.28 bits per heavy atom. The zero-order valence-electron chi connectivity index (χ0n) is 12.4. The van der Waals surface area contributed by atoms with E-state index in [4.69, 9.17) is 4.74 Å². The largest absolute Gasteiger partial charge is 0.385 e. The van der Waals surface area contributed by atoms with Gasteiger partial charge in [0.2, 0.25) is 0 Å². The van der Waals surface area contributed by atoms with Gasteiger partial charge in [-0.25, -0.2) is 0 Å². The lowest BCUT2D eigenvalue weighted by Crippen LogP contribution is -2.32. The van der Waals surface area contributed by atoms with Crippen molar-refractivity contribution in [2.75, 3.05) is 20.3 Å². The summed E-state index contributed by atoms with van der Waals surface area (Å²) in [6.45, 7) is 10.8. The summed E-state index contributed by atoms with van der Waals surface area (Å²) in [7, 11) is 1.76. The second-order valence-corrected chi connectivity index (χ2v) is 5.87. The predicted molar refractivity (Wildman–Crippen MR) is 77.9 cm³/mol. The van der Waals surface area contributed by atoms with Gasteiger partial charge in [-0.1, -0.05) is 38.1 Å². The molecule has 0 saturated heterocycles. The Hall–Kier alpha value is -0.860. The maximum absolute atomic E-state index is 5.16. The second kappa shape index (κ2) is 6.91. The molecule has 102 valence electrons. The van der Waals surface area contributed by atoms with Crippen LogP contribution in [-0.2, 0) is 4.74 Å². The molecule has 1 rings (SSSR count). The molecule has 1 atom stereocenters. The molecule has 18 heavy (non-hydrogen) atoms. The van der Waals surface area contributed by atoms with E-state index >= 15 is 0 Å². The van der Waals surface area contributed by atoms with E-state index < -0.39 is 0 Å². The Bertz CT molecular complexity index is 360. The summed E-state index contributed by atoms with van der Waals surface area (Å²) >= 11 is 0. The van der Waals surface area contributed by atoms with Crippen LogP contribution >= 0.6 is 0 Å². The van der Waals surface area contributed by atoms with Crippen LogP contribution in [0.5, 0.6) is 0 Å². The third kappa shape index (κ3) is 4.79. The quantitative estimate of drug-likeness (QED) is 0.795. The number of methoxy groups -OCH3 is 1.